The zero-order valence-corrected chi connectivity index (χ0v) is 17.6. The molecule has 0 aliphatic heterocycles. The fourth-order valence-corrected chi connectivity index (χ4v) is 2.82. The number of benzene rings is 3. The Kier molecular flexibility index (Phi) is 7.37. The molecule has 0 bridgehead atoms. The van der Waals surface area contributed by atoms with Gasteiger partial charge in [-0.15, -0.1) is 0 Å². The van der Waals surface area contributed by atoms with Crippen LogP contribution in [0, 0.1) is 0 Å². The SMILES string of the molecule is COc1ccc(/C=C/C(=O)Nc2cccc(NC(=O)c3cccc(OC(C)=O)c3)c2)cc1. The van der Waals surface area contributed by atoms with Gasteiger partial charge in [-0.2, -0.15) is 0 Å². The molecule has 0 atom stereocenters. The molecule has 32 heavy (non-hydrogen) atoms. The number of carbonyl (C=O) groups is 3. The van der Waals surface area contributed by atoms with Crippen LogP contribution in [0.3, 0.4) is 0 Å². The summed E-state index contributed by atoms with van der Waals surface area (Å²) >= 11 is 0. The minimum atomic E-state index is -0.466. The molecule has 3 aromatic carbocycles. The molecule has 0 heterocycles. The van der Waals surface area contributed by atoms with E-state index in [1.165, 1.54) is 19.1 Å². The third kappa shape index (κ3) is 6.56. The third-order valence-electron chi connectivity index (χ3n) is 4.29. The highest BCUT2D eigenvalue weighted by Crippen LogP contribution is 2.19. The fraction of sp³-hybridized carbons (Fsp3) is 0.0800. The van der Waals surface area contributed by atoms with Crippen molar-refractivity contribution in [3.05, 3.63) is 90.0 Å². The third-order valence-corrected chi connectivity index (χ3v) is 4.29. The van der Waals surface area contributed by atoms with Crippen LogP contribution in [-0.4, -0.2) is 24.9 Å². The summed E-state index contributed by atoms with van der Waals surface area (Å²) in [7, 11) is 1.59. The van der Waals surface area contributed by atoms with Crippen molar-refractivity contribution in [3.8, 4) is 11.5 Å². The molecule has 7 nitrogen and oxygen atoms in total. The zero-order valence-electron chi connectivity index (χ0n) is 17.6. The topological polar surface area (TPSA) is 93.7 Å². The molecule has 0 aliphatic carbocycles. The van der Waals surface area contributed by atoms with Gasteiger partial charge in [0.15, 0.2) is 0 Å². The summed E-state index contributed by atoms with van der Waals surface area (Å²) < 4.78 is 10.1. The monoisotopic (exact) mass is 430 g/mol. The van der Waals surface area contributed by atoms with Crippen LogP contribution in [0.5, 0.6) is 11.5 Å². The van der Waals surface area contributed by atoms with Gasteiger partial charge in [0.25, 0.3) is 5.91 Å². The average Bonchev–Trinajstić information content (AvgIpc) is 2.78. The van der Waals surface area contributed by atoms with E-state index >= 15 is 0 Å². The number of esters is 1. The van der Waals surface area contributed by atoms with Gasteiger partial charge in [0.2, 0.25) is 5.91 Å². The largest absolute Gasteiger partial charge is 0.497 e. The van der Waals surface area contributed by atoms with Crippen LogP contribution in [0.2, 0.25) is 0 Å². The standard InChI is InChI=1S/C25H22N2O5/c1-17(28)32-23-8-3-5-19(15-23)25(30)27-21-7-4-6-20(16-21)26-24(29)14-11-18-9-12-22(31-2)13-10-18/h3-16H,1-2H3,(H,26,29)(H,27,30)/b14-11+. The minimum absolute atomic E-state index is 0.287. The molecule has 2 N–H and O–H groups in total. The summed E-state index contributed by atoms with van der Waals surface area (Å²) in [4.78, 5) is 35.9. The number of nitrogens with one attached hydrogen (secondary N) is 2. The molecule has 0 saturated carbocycles. The van der Waals surface area contributed by atoms with Crippen molar-refractivity contribution in [2.75, 3.05) is 17.7 Å². The van der Waals surface area contributed by atoms with Crippen molar-refractivity contribution in [3.63, 3.8) is 0 Å². The van der Waals surface area contributed by atoms with Crippen molar-refractivity contribution in [2.24, 2.45) is 0 Å². The predicted octanol–water partition coefficient (Wildman–Crippen LogP) is 4.52. The molecule has 3 aromatic rings. The van der Waals surface area contributed by atoms with E-state index in [9.17, 15) is 14.4 Å². The normalized spacial score (nSPS) is 10.4. The van der Waals surface area contributed by atoms with E-state index in [0.29, 0.717) is 16.9 Å². The number of anilines is 2. The van der Waals surface area contributed by atoms with Gasteiger partial charge in [-0.25, -0.2) is 0 Å². The molecule has 0 unspecified atom stereocenters. The first-order valence-corrected chi connectivity index (χ1v) is 9.76. The van der Waals surface area contributed by atoms with Gasteiger partial charge in [0, 0.05) is 29.9 Å². The summed E-state index contributed by atoms with van der Waals surface area (Å²) in [5.41, 5.74) is 2.23. The van der Waals surface area contributed by atoms with Crippen molar-refractivity contribution in [1.82, 2.24) is 0 Å². The highest BCUT2D eigenvalue weighted by Gasteiger charge is 2.09. The van der Waals surface area contributed by atoms with Crippen LogP contribution >= 0.6 is 0 Å². The summed E-state index contributed by atoms with van der Waals surface area (Å²) in [6, 6.07) is 20.4. The second-order valence-electron chi connectivity index (χ2n) is 6.75. The lowest BCUT2D eigenvalue weighted by atomic mass is 10.2. The summed E-state index contributed by atoms with van der Waals surface area (Å²) in [6.45, 7) is 1.29. The van der Waals surface area contributed by atoms with Gasteiger partial charge >= 0.3 is 5.97 Å². The molecular weight excluding hydrogens is 408 g/mol. The predicted molar refractivity (Wildman–Crippen MR) is 123 cm³/mol. The molecule has 7 heteroatoms. The Morgan fingerprint density at radius 1 is 0.812 bits per heavy atom. The maximum Gasteiger partial charge on any atom is 0.308 e. The lowest BCUT2D eigenvalue weighted by Gasteiger charge is -2.09. The lowest BCUT2D eigenvalue weighted by molar-refractivity contribution is -0.131. The Balaban J connectivity index is 1.62. The quantitative estimate of drug-likeness (QED) is 0.326. The average molecular weight is 430 g/mol. The van der Waals surface area contributed by atoms with E-state index in [1.54, 1.807) is 55.7 Å². The Bertz CT molecular complexity index is 1150. The van der Waals surface area contributed by atoms with Gasteiger partial charge in [-0.1, -0.05) is 24.3 Å². The molecule has 162 valence electrons. The van der Waals surface area contributed by atoms with Gasteiger partial charge in [0.1, 0.15) is 11.5 Å². The van der Waals surface area contributed by atoms with Crippen LogP contribution in [0.4, 0.5) is 11.4 Å². The van der Waals surface area contributed by atoms with Crippen LogP contribution in [-0.2, 0) is 9.59 Å². The first kappa shape index (κ1) is 22.3. The number of hydrogen-bond acceptors (Lipinski definition) is 5. The smallest absolute Gasteiger partial charge is 0.308 e. The van der Waals surface area contributed by atoms with E-state index in [-0.39, 0.29) is 17.6 Å². The van der Waals surface area contributed by atoms with Gasteiger partial charge < -0.3 is 20.1 Å². The van der Waals surface area contributed by atoms with Crippen molar-refractivity contribution >= 4 is 35.2 Å². The Hall–Kier alpha value is -4.39. The van der Waals surface area contributed by atoms with Crippen molar-refractivity contribution in [2.45, 2.75) is 6.92 Å². The maximum absolute atomic E-state index is 12.5. The van der Waals surface area contributed by atoms with Gasteiger partial charge in [-0.05, 0) is 60.2 Å². The van der Waals surface area contributed by atoms with E-state index in [4.69, 9.17) is 9.47 Å². The number of methoxy groups -OCH3 is 1. The molecule has 0 spiro atoms. The van der Waals surface area contributed by atoms with Crippen LogP contribution in [0.1, 0.15) is 22.8 Å². The second kappa shape index (κ2) is 10.6. The van der Waals surface area contributed by atoms with Gasteiger partial charge in [0.05, 0.1) is 7.11 Å². The first-order valence-electron chi connectivity index (χ1n) is 9.76. The number of amides is 2. The fourth-order valence-electron chi connectivity index (χ4n) is 2.82. The minimum Gasteiger partial charge on any atom is -0.497 e. The number of rotatable bonds is 7. The summed E-state index contributed by atoms with van der Waals surface area (Å²) in [5.74, 6) is -0.120. The lowest BCUT2D eigenvalue weighted by Crippen LogP contribution is -2.13. The molecule has 0 aliphatic rings. The zero-order chi connectivity index (χ0) is 22.9. The van der Waals surface area contributed by atoms with Crippen LogP contribution in [0.25, 0.3) is 6.08 Å². The highest BCUT2D eigenvalue weighted by atomic mass is 16.5. The van der Waals surface area contributed by atoms with Crippen LogP contribution < -0.4 is 20.1 Å². The van der Waals surface area contributed by atoms with E-state index in [2.05, 4.69) is 10.6 Å². The Labute approximate surface area is 185 Å². The number of carbonyl (C=O) groups excluding carboxylic acids is 3. The second-order valence-corrected chi connectivity index (χ2v) is 6.75. The van der Waals surface area contributed by atoms with Crippen molar-refractivity contribution < 1.29 is 23.9 Å². The molecule has 3 rings (SSSR count). The molecule has 0 radical (unpaired) electrons. The Morgan fingerprint density at radius 2 is 1.50 bits per heavy atom. The molecule has 0 aromatic heterocycles. The maximum atomic E-state index is 12.5. The molecular formula is C25H22N2O5. The Morgan fingerprint density at radius 3 is 2.19 bits per heavy atom. The molecule has 2 amide bonds. The van der Waals surface area contributed by atoms with E-state index in [0.717, 1.165) is 11.3 Å². The van der Waals surface area contributed by atoms with Gasteiger partial charge in [-0.3, -0.25) is 14.4 Å². The summed E-state index contributed by atoms with van der Waals surface area (Å²) in [5, 5.41) is 5.52. The summed E-state index contributed by atoms with van der Waals surface area (Å²) in [6.07, 6.45) is 3.12. The number of ether oxygens (including phenoxy) is 2. The van der Waals surface area contributed by atoms with Crippen LogP contribution in [0.15, 0.2) is 78.9 Å². The molecule has 0 fully saturated rings. The first-order chi connectivity index (χ1) is 15.4. The van der Waals surface area contributed by atoms with E-state index in [1.807, 2.05) is 24.3 Å². The number of hydrogen-bond donors (Lipinski definition) is 2. The van der Waals surface area contributed by atoms with E-state index < -0.39 is 5.97 Å². The highest BCUT2D eigenvalue weighted by molar-refractivity contribution is 6.05. The van der Waals surface area contributed by atoms with Crippen molar-refractivity contribution in [1.29, 1.82) is 0 Å². The molecule has 0 saturated heterocycles.